The number of rotatable bonds is 4. The van der Waals surface area contributed by atoms with Gasteiger partial charge in [-0.05, 0) is 54.8 Å². The second kappa shape index (κ2) is 8.12. The van der Waals surface area contributed by atoms with E-state index in [9.17, 15) is 22.8 Å². The van der Waals surface area contributed by atoms with E-state index in [4.69, 9.17) is 9.47 Å². The quantitative estimate of drug-likeness (QED) is 0.663. The lowest BCUT2D eigenvalue weighted by Crippen LogP contribution is -2.46. The first-order valence-electron chi connectivity index (χ1n) is 10.2. The summed E-state index contributed by atoms with van der Waals surface area (Å²) in [6, 6.07) is 7.15. The minimum atomic E-state index is -4.56. The molecule has 0 aromatic heterocycles. The second-order valence-electron chi connectivity index (χ2n) is 7.91. The molecule has 6 nitrogen and oxygen atoms in total. The van der Waals surface area contributed by atoms with Crippen LogP contribution in [0.2, 0.25) is 0 Å². The standard InChI is InChI=1S/C23H23F3N2O4/c1-13-17-11-20(32-3)19(31-2)9-14(17)7-8-27(13)18-12-21(29)28(22(18)30)16-6-4-5-15(10-16)23(24,25)26/h4-6,9-11,13,18H,7-8,12H2,1-3H3/t13-,18-/m0/s1. The van der Waals surface area contributed by atoms with E-state index in [1.54, 1.807) is 14.2 Å². The van der Waals surface area contributed by atoms with E-state index in [0.717, 1.165) is 28.2 Å². The number of methoxy groups -OCH3 is 2. The summed E-state index contributed by atoms with van der Waals surface area (Å²) in [5, 5.41) is 0. The van der Waals surface area contributed by atoms with E-state index in [1.807, 2.05) is 24.0 Å². The molecule has 1 saturated heterocycles. The van der Waals surface area contributed by atoms with Crippen molar-refractivity contribution in [3.05, 3.63) is 53.1 Å². The molecule has 1 fully saturated rings. The fourth-order valence-corrected chi connectivity index (χ4v) is 4.56. The van der Waals surface area contributed by atoms with Gasteiger partial charge in [-0.15, -0.1) is 0 Å². The zero-order valence-electron chi connectivity index (χ0n) is 17.9. The van der Waals surface area contributed by atoms with Gasteiger partial charge in [0, 0.05) is 12.6 Å². The minimum absolute atomic E-state index is 0.0613. The molecule has 2 aromatic carbocycles. The van der Waals surface area contributed by atoms with Crippen LogP contribution < -0.4 is 14.4 Å². The van der Waals surface area contributed by atoms with Crippen LogP contribution in [0.1, 0.15) is 36.1 Å². The number of benzene rings is 2. The molecule has 32 heavy (non-hydrogen) atoms. The smallest absolute Gasteiger partial charge is 0.416 e. The van der Waals surface area contributed by atoms with Gasteiger partial charge in [-0.25, -0.2) is 4.90 Å². The highest BCUT2D eigenvalue weighted by molar-refractivity contribution is 6.22. The van der Waals surface area contributed by atoms with Crippen LogP contribution >= 0.6 is 0 Å². The number of carbonyl (C=O) groups is 2. The second-order valence-corrected chi connectivity index (χ2v) is 7.91. The molecule has 0 N–H and O–H groups in total. The van der Waals surface area contributed by atoms with E-state index in [2.05, 4.69) is 0 Å². The van der Waals surface area contributed by atoms with Crippen molar-refractivity contribution in [2.45, 2.75) is 38.0 Å². The number of amides is 2. The fraction of sp³-hybridized carbons (Fsp3) is 0.391. The third kappa shape index (κ3) is 3.70. The maximum absolute atomic E-state index is 13.2. The van der Waals surface area contributed by atoms with Crippen LogP contribution in [0.3, 0.4) is 0 Å². The van der Waals surface area contributed by atoms with Gasteiger partial charge in [-0.2, -0.15) is 13.2 Å². The Hall–Kier alpha value is -3.07. The van der Waals surface area contributed by atoms with Crippen LogP contribution in [0, 0.1) is 0 Å². The topological polar surface area (TPSA) is 59.1 Å². The highest BCUT2D eigenvalue weighted by Crippen LogP contribution is 2.40. The third-order valence-corrected chi connectivity index (χ3v) is 6.19. The molecule has 2 amide bonds. The molecule has 0 unspecified atom stereocenters. The summed E-state index contributed by atoms with van der Waals surface area (Å²) in [5.41, 5.74) is 1.07. The summed E-state index contributed by atoms with van der Waals surface area (Å²) in [6.45, 7) is 2.47. The normalized spacial score (nSPS) is 21.6. The lowest BCUT2D eigenvalue weighted by atomic mass is 9.91. The predicted octanol–water partition coefficient (Wildman–Crippen LogP) is 3.97. The van der Waals surface area contributed by atoms with Crippen molar-refractivity contribution in [1.82, 2.24) is 4.90 Å². The van der Waals surface area contributed by atoms with Gasteiger partial charge in [0.05, 0.1) is 37.9 Å². The highest BCUT2D eigenvalue weighted by atomic mass is 19.4. The average Bonchev–Trinajstić information content (AvgIpc) is 3.06. The largest absolute Gasteiger partial charge is 0.493 e. The van der Waals surface area contributed by atoms with Gasteiger partial charge in [0.1, 0.15) is 0 Å². The average molecular weight is 448 g/mol. The van der Waals surface area contributed by atoms with Gasteiger partial charge in [0.2, 0.25) is 5.91 Å². The van der Waals surface area contributed by atoms with Crippen LogP contribution in [0.5, 0.6) is 11.5 Å². The number of alkyl halides is 3. The van der Waals surface area contributed by atoms with Gasteiger partial charge in [-0.3, -0.25) is 14.5 Å². The number of ether oxygens (including phenoxy) is 2. The number of anilines is 1. The Bertz CT molecular complexity index is 1070. The Balaban J connectivity index is 1.62. The van der Waals surface area contributed by atoms with E-state index in [-0.39, 0.29) is 18.2 Å². The van der Waals surface area contributed by atoms with Crippen LogP contribution in [-0.2, 0) is 22.2 Å². The van der Waals surface area contributed by atoms with Crippen molar-refractivity contribution in [3.8, 4) is 11.5 Å². The summed E-state index contributed by atoms with van der Waals surface area (Å²) >= 11 is 0. The summed E-state index contributed by atoms with van der Waals surface area (Å²) < 4.78 is 50.1. The van der Waals surface area contributed by atoms with Crippen molar-refractivity contribution < 1.29 is 32.2 Å². The van der Waals surface area contributed by atoms with Gasteiger partial charge < -0.3 is 9.47 Å². The zero-order valence-corrected chi connectivity index (χ0v) is 17.9. The van der Waals surface area contributed by atoms with E-state index in [0.29, 0.717) is 24.5 Å². The van der Waals surface area contributed by atoms with E-state index in [1.165, 1.54) is 12.1 Å². The maximum atomic E-state index is 13.2. The van der Waals surface area contributed by atoms with Crippen LogP contribution in [0.4, 0.5) is 18.9 Å². The molecule has 0 radical (unpaired) electrons. The number of carbonyl (C=O) groups excluding carboxylic acids is 2. The van der Waals surface area contributed by atoms with Crippen LogP contribution in [0.15, 0.2) is 36.4 Å². The number of halogens is 3. The summed E-state index contributed by atoms with van der Waals surface area (Å²) in [7, 11) is 3.11. The van der Waals surface area contributed by atoms with Gasteiger partial charge in [0.15, 0.2) is 11.5 Å². The first kappa shape index (κ1) is 22.1. The fourth-order valence-electron chi connectivity index (χ4n) is 4.56. The monoisotopic (exact) mass is 448 g/mol. The van der Waals surface area contributed by atoms with Gasteiger partial charge >= 0.3 is 6.18 Å². The molecule has 2 aromatic rings. The first-order valence-corrected chi connectivity index (χ1v) is 10.2. The Morgan fingerprint density at radius 3 is 2.38 bits per heavy atom. The lowest BCUT2D eigenvalue weighted by Gasteiger charge is -2.38. The third-order valence-electron chi connectivity index (χ3n) is 6.19. The molecule has 9 heteroatoms. The minimum Gasteiger partial charge on any atom is -0.493 e. The molecule has 4 rings (SSSR count). The Morgan fingerprint density at radius 2 is 1.72 bits per heavy atom. The number of imide groups is 1. The molecule has 0 bridgehead atoms. The molecular formula is C23H23F3N2O4. The first-order chi connectivity index (χ1) is 15.2. The SMILES string of the molecule is COc1cc2c(cc1OC)[C@H](C)N([C@H]1CC(=O)N(c3cccc(C(F)(F)F)c3)C1=O)CC2. The Kier molecular flexibility index (Phi) is 5.62. The number of hydrogen-bond acceptors (Lipinski definition) is 5. The van der Waals surface area contributed by atoms with Gasteiger partial charge in [0.25, 0.3) is 5.91 Å². The predicted molar refractivity (Wildman–Crippen MR) is 111 cm³/mol. The molecule has 0 spiro atoms. The summed E-state index contributed by atoms with van der Waals surface area (Å²) in [4.78, 5) is 28.7. The van der Waals surface area contributed by atoms with Crippen molar-refractivity contribution in [1.29, 1.82) is 0 Å². The van der Waals surface area contributed by atoms with Gasteiger partial charge in [-0.1, -0.05) is 6.07 Å². The van der Waals surface area contributed by atoms with Crippen LogP contribution in [0.25, 0.3) is 0 Å². The summed E-state index contributed by atoms with van der Waals surface area (Å²) in [6.07, 6.45) is -4.00. The molecule has 0 saturated carbocycles. The Morgan fingerprint density at radius 1 is 1.03 bits per heavy atom. The van der Waals surface area contributed by atoms with Crippen molar-refractivity contribution in [3.63, 3.8) is 0 Å². The Labute approximate surface area is 183 Å². The molecule has 2 aliphatic rings. The van der Waals surface area contributed by atoms with Crippen molar-refractivity contribution >= 4 is 17.5 Å². The number of nitrogens with zero attached hydrogens (tertiary/aromatic N) is 2. The molecule has 2 atom stereocenters. The molecule has 2 aliphatic heterocycles. The van der Waals surface area contributed by atoms with Crippen LogP contribution in [-0.4, -0.2) is 43.5 Å². The summed E-state index contributed by atoms with van der Waals surface area (Å²) in [5.74, 6) is 0.170. The number of hydrogen-bond donors (Lipinski definition) is 0. The van der Waals surface area contributed by atoms with E-state index >= 15 is 0 Å². The molecular weight excluding hydrogens is 425 g/mol. The lowest BCUT2D eigenvalue weighted by molar-refractivity contribution is -0.137. The molecule has 170 valence electrons. The number of fused-ring (bicyclic) bond motifs is 1. The highest BCUT2D eigenvalue weighted by Gasteiger charge is 2.45. The zero-order chi connectivity index (χ0) is 23.2. The molecule has 2 heterocycles. The van der Waals surface area contributed by atoms with Crippen molar-refractivity contribution in [2.24, 2.45) is 0 Å². The maximum Gasteiger partial charge on any atom is 0.416 e. The van der Waals surface area contributed by atoms with E-state index < -0.39 is 29.6 Å². The van der Waals surface area contributed by atoms with Crippen molar-refractivity contribution in [2.75, 3.05) is 25.7 Å². The molecule has 0 aliphatic carbocycles.